The lowest BCUT2D eigenvalue weighted by atomic mass is 9.85. The van der Waals surface area contributed by atoms with Gasteiger partial charge in [0.2, 0.25) is 0 Å². The Labute approximate surface area is 261 Å². The molecule has 2 bridgehead atoms. The number of carboxylic acid groups (broad SMARTS) is 1. The van der Waals surface area contributed by atoms with Crippen LogP contribution < -0.4 is 4.74 Å². The van der Waals surface area contributed by atoms with Crippen LogP contribution in [0.2, 0.25) is 5.02 Å². The summed E-state index contributed by atoms with van der Waals surface area (Å²) in [4.78, 5) is 29.9. The fourth-order valence-electron chi connectivity index (χ4n) is 6.39. The van der Waals surface area contributed by atoms with Gasteiger partial charge in [-0.05, 0) is 67.0 Å². The molecule has 0 radical (unpaired) electrons. The minimum Gasteiger partial charge on any atom is -0.487 e. The van der Waals surface area contributed by atoms with Gasteiger partial charge >= 0.3 is 18.2 Å². The highest BCUT2D eigenvalue weighted by atomic mass is 35.5. The Balaban J connectivity index is 1.20. The van der Waals surface area contributed by atoms with Crippen molar-refractivity contribution < 1.29 is 37.3 Å². The van der Waals surface area contributed by atoms with E-state index in [4.69, 9.17) is 21.1 Å². The number of halogens is 4. The Morgan fingerprint density at radius 2 is 1.71 bits per heavy atom. The number of fused-ring (bicyclic) bond motifs is 2. The van der Waals surface area contributed by atoms with Crippen LogP contribution in [0.4, 0.5) is 18.0 Å². The summed E-state index contributed by atoms with van der Waals surface area (Å²) in [5, 5.41) is 13.2. The van der Waals surface area contributed by atoms with Crippen LogP contribution in [-0.2, 0) is 17.5 Å². The minimum absolute atomic E-state index is 0.169. The van der Waals surface area contributed by atoms with Crippen molar-refractivity contribution in [2.24, 2.45) is 0 Å². The number of rotatable bonds is 7. The number of carboxylic acids is 1. The Morgan fingerprint density at radius 1 is 1.02 bits per heavy atom. The standard InChI is InChI=1S/C32H28ClF3N4O5/c1-44-31(43)39-21-12-13-22(39)15-20(14-21)19-10-8-18(9-11-19)17-45-28-23(4-2-5-25(28)33)26-6-3-7-27(38-26)40-29(32(34,35)36)24(16-37-40)30(41)42/h2-11,16,20-22H,12-15,17H2,1H3,(H,41,42). The number of amides is 1. The number of hydrogen-bond acceptors (Lipinski definition) is 6. The third-order valence-corrected chi connectivity index (χ3v) is 8.71. The van der Waals surface area contributed by atoms with Gasteiger partial charge in [-0.2, -0.15) is 18.3 Å². The number of alkyl halides is 3. The summed E-state index contributed by atoms with van der Waals surface area (Å²) in [7, 11) is 1.42. The maximum atomic E-state index is 13.8. The number of pyridine rings is 1. The van der Waals surface area contributed by atoms with E-state index in [0.29, 0.717) is 28.1 Å². The first kappa shape index (κ1) is 30.4. The van der Waals surface area contributed by atoms with Crippen molar-refractivity contribution in [1.29, 1.82) is 0 Å². The zero-order chi connectivity index (χ0) is 31.9. The number of aromatic carboxylic acids is 1. The number of ether oxygens (including phenoxy) is 2. The van der Waals surface area contributed by atoms with Gasteiger partial charge in [0.15, 0.2) is 11.5 Å². The lowest BCUT2D eigenvalue weighted by Gasteiger charge is -2.38. The molecule has 2 saturated heterocycles. The Kier molecular flexibility index (Phi) is 8.17. The van der Waals surface area contributed by atoms with E-state index in [1.165, 1.54) is 24.8 Å². The van der Waals surface area contributed by atoms with Gasteiger partial charge in [-0.1, -0.05) is 48.0 Å². The van der Waals surface area contributed by atoms with Crippen LogP contribution in [0, 0.1) is 0 Å². The summed E-state index contributed by atoms with van der Waals surface area (Å²) in [5.41, 5.74) is 0.358. The van der Waals surface area contributed by atoms with Crippen LogP contribution in [-0.4, -0.2) is 56.0 Å². The number of benzene rings is 2. The fraction of sp³-hybridized carbons (Fsp3) is 0.312. The van der Waals surface area contributed by atoms with Crippen molar-refractivity contribution >= 4 is 23.7 Å². The molecule has 2 aliphatic rings. The molecule has 2 aromatic carbocycles. The maximum absolute atomic E-state index is 13.8. The van der Waals surface area contributed by atoms with E-state index in [2.05, 4.69) is 22.2 Å². The largest absolute Gasteiger partial charge is 0.487 e. The molecule has 45 heavy (non-hydrogen) atoms. The van der Waals surface area contributed by atoms with E-state index in [0.717, 1.165) is 31.2 Å². The molecule has 234 valence electrons. The first-order valence-corrected chi connectivity index (χ1v) is 14.7. The molecule has 6 rings (SSSR count). The molecular weight excluding hydrogens is 613 g/mol. The van der Waals surface area contributed by atoms with Crippen molar-refractivity contribution in [3.05, 3.63) is 94.3 Å². The van der Waals surface area contributed by atoms with Gasteiger partial charge in [-0.3, -0.25) is 0 Å². The van der Waals surface area contributed by atoms with Gasteiger partial charge in [0.05, 0.1) is 24.0 Å². The average Bonchev–Trinajstić information content (AvgIpc) is 3.60. The third kappa shape index (κ3) is 5.94. The van der Waals surface area contributed by atoms with E-state index in [9.17, 15) is 27.9 Å². The number of para-hydroxylation sites is 1. The molecule has 0 saturated carbocycles. The second-order valence-corrected chi connectivity index (χ2v) is 11.5. The van der Waals surface area contributed by atoms with Crippen LogP contribution in [0.1, 0.15) is 58.8 Å². The fourth-order valence-corrected chi connectivity index (χ4v) is 6.62. The van der Waals surface area contributed by atoms with Gasteiger partial charge in [0.1, 0.15) is 17.9 Å². The Hall–Kier alpha value is -4.58. The summed E-state index contributed by atoms with van der Waals surface area (Å²) in [5.74, 6) is -1.34. The van der Waals surface area contributed by atoms with E-state index in [-0.39, 0.29) is 41.3 Å². The van der Waals surface area contributed by atoms with Gasteiger partial charge in [0.25, 0.3) is 0 Å². The van der Waals surface area contributed by atoms with E-state index >= 15 is 0 Å². The lowest BCUT2D eigenvalue weighted by Crippen LogP contribution is -2.45. The Morgan fingerprint density at radius 3 is 2.36 bits per heavy atom. The molecule has 13 heteroatoms. The third-order valence-electron chi connectivity index (χ3n) is 8.42. The van der Waals surface area contributed by atoms with Crippen molar-refractivity contribution in [1.82, 2.24) is 19.7 Å². The molecule has 0 aliphatic carbocycles. The molecule has 4 heterocycles. The van der Waals surface area contributed by atoms with Crippen molar-refractivity contribution in [3.63, 3.8) is 0 Å². The summed E-state index contributed by atoms with van der Waals surface area (Å²) < 4.78 is 53.0. The summed E-state index contributed by atoms with van der Waals surface area (Å²) in [6, 6.07) is 17.8. The molecule has 4 aromatic rings. The number of carbonyl (C=O) groups excluding carboxylic acids is 1. The van der Waals surface area contributed by atoms with Crippen LogP contribution in [0.3, 0.4) is 0 Å². The summed E-state index contributed by atoms with van der Waals surface area (Å²) in [6.45, 7) is 0.169. The predicted molar refractivity (Wildman–Crippen MR) is 158 cm³/mol. The molecule has 2 unspecified atom stereocenters. The van der Waals surface area contributed by atoms with E-state index < -0.39 is 23.4 Å². The van der Waals surface area contributed by atoms with Crippen molar-refractivity contribution in [3.8, 4) is 22.8 Å². The number of hydrogen-bond donors (Lipinski definition) is 1. The number of methoxy groups -OCH3 is 1. The quantitative estimate of drug-likeness (QED) is 0.225. The number of nitrogens with zero attached hydrogens (tertiary/aromatic N) is 4. The molecule has 2 fully saturated rings. The second-order valence-electron chi connectivity index (χ2n) is 11.1. The molecule has 2 atom stereocenters. The molecule has 9 nitrogen and oxygen atoms in total. The molecule has 1 amide bonds. The molecule has 0 spiro atoms. The van der Waals surface area contributed by atoms with Crippen molar-refractivity contribution in [2.75, 3.05) is 7.11 Å². The summed E-state index contributed by atoms with van der Waals surface area (Å²) >= 11 is 6.51. The molecular formula is C32H28ClF3N4O5. The zero-order valence-electron chi connectivity index (χ0n) is 24.0. The summed E-state index contributed by atoms with van der Waals surface area (Å²) in [6.07, 6.45) is -0.859. The highest BCUT2D eigenvalue weighted by molar-refractivity contribution is 6.32. The van der Waals surface area contributed by atoms with Gasteiger partial charge in [-0.15, -0.1) is 0 Å². The maximum Gasteiger partial charge on any atom is 0.434 e. The van der Waals surface area contributed by atoms with Crippen LogP contribution in [0.5, 0.6) is 5.75 Å². The number of carbonyl (C=O) groups is 2. The normalized spacial score (nSPS) is 19.4. The van der Waals surface area contributed by atoms with Gasteiger partial charge in [-0.25, -0.2) is 19.3 Å². The van der Waals surface area contributed by atoms with E-state index in [1.807, 2.05) is 17.0 Å². The van der Waals surface area contributed by atoms with Gasteiger partial charge in [0, 0.05) is 17.6 Å². The zero-order valence-corrected chi connectivity index (χ0v) is 24.8. The smallest absolute Gasteiger partial charge is 0.434 e. The predicted octanol–water partition coefficient (Wildman–Crippen LogP) is 7.36. The second kappa shape index (κ2) is 12.1. The van der Waals surface area contributed by atoms with E-state index in [1.54, 1.807) is 24.3 Å². The highest BCUT2D eigenvalue weighted by Crippen LogP contribution is 2.43. The molecule has 2 aliphatic heterocycles. The van der Waals surface area contributed by atoms with Crippen LogP contribution >= 0.6 is 11.6 Å². The first-order valence-electron chi connectivity index (χ1n) is 14.3. The highest BCUT2D eigenvalue weighted by Gasteiger charge is 2.44. The van der Waals surface area contributed by atoms with Crippen molar-refractivity contribution in [2.45, 2.75) is 56.5 Å². The Bertz CT molecular complexity index is 1730. The van der Waals surface area contributed by atoms with Crippen LogP contribution in [0.15, 0.2) is 66.9 Å². The van der Waals surface area contributed by atoms with Crippen LogP contribution in [0.25, 0.3) is 17.1 Å². The monoisotopic (exact) mass is 640 g/mol. The average molecular weight is 641 g/mol. The number of piperidine rings is 1. The molecule has 1 N–H and O–H groups in total. The SMILES string of the molecule is COC(=O)N1C2CCC1CC(c1ccc(COc3c(Cl)cccc3-c3cccc(-n4ncc(C(=O)O)c4C(F)(F)F)n3)cc1)C2. The van der Waals surface area contributed by atoms with Gasteiger partial charge < -0.3 is 19.5 Å². The first-order chi connectivity index (χ1) is 21.5. The minimum atomic E-state index is -4.98. The molecule has 2 aromatic heterocycles. The lowest BCUT2D eigenvalue weighted by molar-refractivity contribution is -0.143. The topological polar surface area (TPSA) is 107 Å². The number of aromatic nitrogens is 3.